The lowest BCUT2D eigenvalue weighted by Gasteiger charge is -2.10. The van der Waals surface area contributed by atoms with Gasteiger partial charge in [-0.05, 0) is 18.1 Å². The molecule has 0 bridgehead atoms. The Morgan fingerprint density at radius 1 is 1.33 bits per heavy atom. The summed E-state index contributed by atoms with van der Waals surface area (Å²) < 4.78 is 5.54. The summed E-state index contributed by atoms with van der Waals surface area (Å²) in [5.41, 5.74) is 1.15. The maximum absolute atomic E-state index is 5.54. The second-order valence-electron chi connectivity index (χ2n) is 3.41. The van der Waals surface area contributed by atoms with Gasteiger partial charge < -0.3 is 4.74 Å². The van der Waals surface area contributed by atoms with Crippen LogP contribution < -0.4 is 0 Å². The first-order chi connectivity index (χ1) is 7.36. The van der Waals surface area contributed by atoms with Crippen molar-refractivity contribution in [3.8, 4) is 0 Å². The van der Waals surface area contributed by atoms with E-state index in [0.29, 0.717) is 0 Å². The maximum Gasteiger partial charge on any atom is 0.116 e. The molecule has 1 rings (SSSR count). The summed E-state index contributed by atoms with van der Waals surface area (Å²) in [6.45, 7) is 5.89. The minimum Gasteiger partial charge on any atom is -0.494 e. The predicted molar refractivity (Wildman–Crippen MR) is 65.5 cm³/mol. The first kappa shape index (κ1) is 11.6. The third-order valence-corrected chi connectivity index (χ3v) is 2.15. The van der Waals surface area contributed by atoms with E-state index in [9.17, 15) is 0 Å². The van der Waals surface area contributed by atoms with Crippen LogP contribution >= 0.6 is 0 Å². The van der Waals surface area contributed by atoms with Crippen LogP contribution in [-0.2, 0) is 4.74 Å². The first-order valence-electron chi connectivity index (χ1n) is 5.36. The van der Waals surface area contributed by atoms with E-state index in [1.807, 2.05) is 42.5 Å². The van der Waals surface area contributed by atoms with Crippen molar-refractivity contribution >= 4 is 6.08 Å². The molecular formula is C14H18O. The van der Waals surface area contributed by atoms with Crippen molar-refractivity contribution < 1.29 is 4.74 Å². The minimum absolute atomic E-state index is 0.134. The maximum atomic E-state index is 5.54. The Hall–Kier alpha value is -1.50. The van der Waals surface area contributed by atoms with Crippen LogP contribution in [-0.4, -0.2) is 6.10 Å². The zero-order valence-electron chi connectivity index (χ0n) is 9.23. The molecule has 0 aliphatic carbocycles. The summed E-state index contributed by atoms with van der Waals surface area (Å²) >= 11 is 0. The van der Waals surface area contributed by atoms with Crippen molar-refractivity contribution in [3.63, 3.8) is 0 Å². The molecule has 0 saturated carbocycles. The standard InChI is InChI=1S/C14H18O/c1-3-8-14(4-2)15-12-11-13-9-6-5-7-10-13/h4-7,9-12,14H,2-3,8H2,1H3. The lowest BCUT2D eigenvalue weighted by Crippen LogP contribution is -2.04. The number of rotatable bonds is 6. The van der Waals surface area contributed by atoms with Crippen LogP contribution in [0.4, 0.5) is 0 Å². The molecule has 15 heavy (non-hydrogen) atoms. The van der Waals surface area contributed by atoms with E-state index in [4.69, 9.17) is 4.74 Å². The molecule has 80 valence electrons. The monoisotopic (exact) mass is 202 g/mol. The van der Waals surface area contributed by atoms with Gasteiger partial charge in [0.05, 0.1) is 6.26 Å². The molecule has 0 aromatic heterocycles. The second-order valence-corrected chi connectivity index (χ2v) is 3.41. The Bertz CT molecular complexity index is 300. The highest BCUT2D eigenvalue weighted by atomic mass is 16.5. The molecule has 1 nitrogen and oxygen atoms in total. The number of hydrogen-bond donors (Lipinski definition) is 0. The van der Waals surface area contributed by atoms with E-state index in [0.717, 1.165) is 18.4 Å². The second kappa shape index (κ2) is 6.88. The van der Waals surface area contributed by atoms with Crippen LogP contribution in [0.25, 0.3) is 6.08 Å². The summed E-state index contributed by atoms with van der Waals surface area (Å²) in [5.74, 6) is 0. The normalized spacial score (nSPS) is 12.6. The molecule has 0 aliphatic heterocycles. The van der Waals surface area contributed by atoms with E-state index in [1.165, 1.54) is 0 Å². The van der Waals surface area contributed by atoms with Gasteiger partial charge in [-0.25, -0.2) is 0 Å². The third kappa shape index (κ3) is 4.50. The highest BCUT2D eigenvalue weighted by Crippen LogP contribution is 2.06. The largest absolute Gasteiger partial charge is 0.494 e. The molecule has 0 heterocycles. The van der Waals surface area contributed by atoms with Crippen molar-refractivity contribution in [1.82, 2.24) is 0 Å². The predicted octanol–water partition coefficient (Wildman–Crippen LogP) is 4.03. The lowest BCUT2D eigenvalue weighted by atomic mass is 10.2. The molecule has 0 fully saturated rings. The van der Waals surface area contributed by atoms with Crippen molar-refractivity contribution in [2.45, 2.75) is 25.9 Å². The van der Waals surface area contributed by atoms with Gasteiger partial charge >= 0.3 is 0 Å². The van der Waals surface area contributed by atoms with Crippen LogP contribution in [0.5, 0.6) is 0 Å². The molecule has 1 aromatic rings. The van der Waals surface area contributed by atoms with Crippen LogP contribution in [0.2, 0.25) is 0 Å². The van der Waals surface area contributed by atoms with E-state index in [1.54, 1.807) is 6.26 Å². The van der Waals surface area contributed by atoms with Gasteiger partial charge in [-0.2, -0.15) is 0 Å². The van der Waals surface area contributed by atoms with Crippen LogP contribution in [0.15, 0.2) is 49.2 Å². The van der Waals surface area contributed by atoms with E-state index in [2.05, 4.69) is 13.5 Å². The smallest absolute Gasteiger partial charge is 0.116 e. The van der Waals surface area contributed by atoms with Gasteiger partial charge in [0, 0.05) is 0 Å². The fourth-order valence-corrected chi connectivity index (χ4v) is 1.31. The lowest BCUT2D eigenvalue weighted by molar-refractivity contribution is 0.179. The third-order valence-electron chi connectivity index (χ3n) is 2.15. The molecule has 0 aliphatic rings. The zero-order valence-corrected chi connectivity index (χ0v) is 9.23. The van der Waals surface area contributed by atoms with Gasteiger partial charge in [0.2, 0.25) is 0 Å². The van der Waals surface area contributed by atoms with Crippen molar-refractivity contribution in [1.29, 1.82) is 0 Å². The molecule has 1 aromatic carbocycles. The van der Waals surface area contributed by atoms with Gasteiger partial charge in [0.25, 0.3) is 0 Å². The number of hydrogen-bond acceptors (Lipinski definition) is 1. The quantitative estimate of drug-likeness (QED) is 0.500. The van der Waals surface area contributed by atoms with Gasteiger partial charge in [-0.3, -0.25) is 0 Å². The van der Waals surface area contributed by atoms with Crippen molar-refractivity contribution in [2.24, 2.45) is 0 Å². The fraction of sp³-hybridized carbons (Fsp3) is 0.286. The summed E-state index contributed by atoms with van der Waals surface area (Å²) in [6, 6.07) is 10.1. The number of ether oxygens (including phenoxy) is 1. The van der Waals surface area contributed by atoms with E-state index in [-0.39, 0.29) is 6.10 Å². The van der Waals surface area contributed by atoms with Gasteiger partial charge in [0.1, 0.15) is 6.10 Å². The van der Waals surface area contributed by atoms with E-state index >= 15 is 0 Å². The first-order valence-corrected chi connectivity index (χ1v) is 5.36. The zero-order chi connectivity index (χ0) is 10.9. The van der Waals surface area contributed by atoms with Gasteiger partial charge in [0.15, 0.2) is 0 Å². The van der Waals surface area contributed by atoms with Gasteiger partial charge in [-0.1, -0.05) is 56.3 Å². The van der Waals surface area contributed by atoms with Crippen LogP contribution in [0.3, 0.4) is 0 Å². The highest BCUT2D eigenvalue weighted by molar-refractivity contribution is 5.47. The summed E-state index contributed by atoms with van der Waals surface area (Å²) in [4.78, 5) is 0. The summed E-state index contributed by atoms with van der Waals surface area (Å²) in [5, 5.41) is 0. The Morgan fingerprint density at radius 3 is 2.67 bits per heavy atom. The molecule has 1 atom stereocenters. The molecule has 0 radical (unpaired) electrons. The fourth-order valence-electron chi connectivity index (χ4n) is 1.31. The van der Waals surface area contributed by atoms with Crippen LogP contribution in [0, 0.1) is 0 Å². The molecule has 1 unspecified atom stereocenters. The highest BCUT2D eigenvalue weighted by Gasteiger charge is 1.99. The SMILES string of the molecule is C=CC(CCC)OC=Cc1ccccc1. The molecule has 0 saturated heterocycles. The van der Waals surface area contributed by atoms with Gasteiger partial charge in [-0.15, -0.1) is 0 Å². The Kier molecular flexibility index (Phi) is 5.31. The summed E-state index contributed by atoms with van der Waals surface area (Å²) in [6.07, 6.45) is 7.82. The Labute approximate surface area is 92.1 Å². The molecule has 0 amide bonds. The average molecular weight is 202 g/mol. The Balaban J connectivity index is 2.42. The minimum atomic E-state index is 0.134. The van der Waals surface area contributed by atoms with Crippen molar-refractivity contribution in [2.75, 3.05) is 0 Å². The molecular weight excluding hydrogens is 184 g/mol. The topological polar surface area (TPSA) is 9.23 Å². The average Bonchev–Trinajstić information content (AvgIpc) is 2.29. The molecule has 0 spiro atoms. The molecule has 1 heteroatoms. The van der Waals surface area contributed by atoms with Crippen molar-refractivity contribution in [3.05, 3.63) is 54.8 Å². The van der Waals surface area contributed by atoms with E-state index < -0.39 is 0 Å². The number of benzene rings is 1. The van der Waals surface area contributed by atoms with Crippen LogP contribution in [0.1, 0.15) is 25.3 Å². The summed E-state index contributed by atoms with van der Waals surface area (Å²) in [7, 11) is 0. The molecule has 0 N–H and O–H groups in total. The Morgan fingerprint density at radius 2 is 2.07 bits per heavy atom.